The number of hydrogen-bond acceptors (Lipinski definition) is 6. The van der Waals surface area contributed by atoms with Crippen LogP contribution in [0.15, 0.2) is 70.5 Å². The molecule has 0 saturated heterocycles. The molecule has 37 heavy (non-hydrogen) atoms. The SMILES string of the molecule is COCC(C(=O)Nc1cc(Cl)c(-c2ccc(S(=O)(=O)C3CC3)cc2)c(Cl)c1)c1ccc(S(C)(=O)=O)cc1. The van der Waals surface area contributed by atoms with E-state index in [0.717, 1.165) is 6.26 Å². The van der Waals surface area contributed by atoms with Gasteiger partial charge in [-0.15, -0.1) is 0 Å². The predicted octanol–water partition coefficient (Wildman–Crippen LogP) is 5.37. The van der Waals surface area contributed by atoms with E-state index < -0.39 is 25.6 Å². The molecule has 1 unspecified atom stereocenters. The summed E-state index contributed by atoms with van der Waals surface area (Å²) in [5.74, 6) is -1.10. The molecule has 1 atom stereocenters. The minimum absolute atomic E-state index is 0.0692. The Hall–Kier alpha value is -2.43. The number of amides is 1. The Labute approximate surface area is 226 Å². The maximum atomic E-state index is 13.1. The van der Waals surface area contributed by atoms with Crippen molar-refractivity contribution in [3.63, 3.8) is 0 Å². The molecule has 1 fully saturated rings. The predicted molar refractivity (Wildman–Crippen MR) is 145 cm³/mol. The van der Waals surface area contributed by atoms with E-state index in [1.165, 1.54) is 19.2 Å². The van der Waals surface area contributed by atoms with Crippen LogP contribution in [0.4, 0.5) is 5.69 Å². The average molecular weight is 583 g/mol. The fourth-order valence-corrected chi connectivity index (χ4v) is 6.96. The van der Waals surface area contributed by atoms with Crippen molar-refractivity contribution in [2.75, 3.05) is 25.3 Å². The minimum Gasteiger partial charge on any atom is -0.384 e. The molecule has 0 aliphatic heterocycles. The third-order valence-electron chi connectivity index (χ3n) is 6.10. The zero-order chi connectivity index (χ0) is 27.0. The third-order valence-corrected chi connectivity index (χ3v) is 10.1. The Kier molecular flexibility index (Phi) is 8.02. The van der Waals surface area contributed by atoms with Crippen molar-refractivity contribution in [2.45, 2.75) is 33.8 Å². The Morgan fingerprint density at radius 1 is 0.946 bits per heavy atom. The molecule has 1 amide bonds. The van der Waals surface area contributed by atoms with Gasteiger partial charge in [0.1, 0.15) is 0 Å². The van der Waals surface area contributed by atoms with Gasteiger partial charge in [0.25, 0.3) is 0 Å². The lowest BCUT2D eigenvalue weighted by Gasteiger charge is -2.18. The summed E-state index contributed by atoms with van der Waals surface area (Å²) in [5, 5.41) is 3.05. The van der Waals surface area contributed by atoms with Crippen LogP contribution >= 0.6 is 23.2 Å². The molecule has 0 bridgehead atoms. The lowest BCUT2D eigenvalue weighted by molar-refractivity contribution is -0.118. The van der Waals surface area contributed by atoms with Gasteiger partial charge in [0, 0.05) is 24.6 Å². The van der Waals surface area contributed by atoms with Crippen LogP contribution in [-0.2, 0) is 29.2 Å². The molecule has 0 aromatic heterocycles. The molecule has 0 heterocycles. The monoisotopic (exact) mass is 581 g/mol. The maximum absolute atomic E-state index is 13.1. The van der Waals surface area contributed by atoms with Crippen molar-refractivity contribution in [1.29, 1.82) is 0 Å². The van der Waals surface area contributed by atoms with Gasteiger partial charge >= 0.3 is 0 Å². The van der Waals surface area contributed by atoms with Crippen LogP contribution in [0.3, 0.4) is 0 Å². The van der Waals surface area contributed by atoms with Gasteiger partial charge in [-0.3, -0.25) is 4.79 Å². The van der Waals surface area contributed by atoms with E-state index >= 15 is 0 Å². The van der Waals surface area contributed by atoms with Crippen molar-refractivity contribution in [1.82, 2.24) is 0 Å². The quantitative estimate of drug-likeness (QED) is 0.364. The molecule has 1 N–H and O–H groups in total. The summed E-state index contributed by atoms with van der Waals surface area (Å²) in [6.45, 7) is 0.0692. The van der Waals surface area contributed by atoms with Crippen LogP contribution in [0, 0.1) is 0 Å². The van der Waals surface area contributed by atoms with Crippen molar-refractivity contribution >= 4 is 54.5 Å². The van der Waals surface area contributed by atoms with E-state index in [9.17, 15) is 21.6 Å². The first-order chi connectivity index (χ1) is 17.4. The van der Waals surface area contributed by atoms with Gasteiger partial charge in [-0.05, 0) is 60.4 Å². The minimum atomic E-state index is -3.36. The zero-order valence-electron chi connectivity index (χ0n) is 20.1. The van der Waals surface area contributed by atoms with Crippen molar-refractivity contribution in [3.05, 3.63) is 76.3 Å². The van der Waals surface area contributed by atoms with Gasteiger partial charge in [-0.2, -0.15) is 0 Å². The number of halogens is 2. The summed E-state index contributed by atoms with van der Waals surface area (Å²) in [5.41, 5.74) is 2.11. The topological polar surface area (TPSA) is 107 Å². The molecule has 7 nitrogen and oxygen atoms in total. The summed E-state index contributed by atoms with van der Waals surface area (Å²) in [7, 11) is -5.20. The van der Waals surface area contributed by atoms with E-state index in [1.807, 2.05) is 0 Å². The van der Waals surface area contributed by atoms with Crippen molar-refractivity contribution < 1.29 is 26.4 Å². The first-order valence-electron chi connectivity index (χ1n) is 11.3. The number of carbonyl (C=O) groups is 1. The summed E-state index contributed by atoms with van der Waals surface area (Å²) in [6.07, 6.45) is 2.49. The second-order valence-corrected chi connectivity index (χ2v) is 14.0. The largest absolute Gasteiger partial charge is 0.384 e. The summed E-state index contributed by atoms with van der Waals surface area (Å²) >= 11 is 13.1. The molecule has 1 aliphatic rings. The number of benzene rings is 3. The van der Waals surface area contributed by atoms with Gasteiger partial charge < -0.3 is 10.1 Å². The number of rotatable bonds is 9. The molecule has 11 heteroatoms. The molecule has 196 valence electrons. The highest BCUT2D eigenvalue weighted by Gasteiger charge is 2.36. The summed E-state index contributed by atoms with van der Waals surface area (Å²) in [6, 6.07) is 15.6. The lowest BCUT2D eigenvalue weighted by atomic mass is 9.99. The van der Waals surface area contributed by atoms with Crippen LogP contribution in [0.1, 0.15) is 24.3 Å². The van der Waals surface area contributed by atoms with Crippen LogP contribution in [-0.4, -0.2) is 48.0 Å². The van der Waals surface area contributed by atoms with Crippen molar-refractivity contribution in [2.24, 2.45) is 0 Å². The van der Waals surface area contributed by atoms with E-state index in [4.69, 9.17) is 27.9 Å². The number of anilines is 1. The Balaban J connectivity index is 1.55. The van der Waals surface area contributed by atoms with Gasteiger partial charge in [-0.25, -0.2) is 16.8 Å². The van der Waals surface area contributed by atoms with Crippen LogP contribution in [0.2, 0.25) is 10.0 Å². The van der Waals surface area contributed by atoms with Crippen LogP contribution in [0.5, 0.6) is 0 Å². The van der Waals surface area contributed by atoms with Crippen molar-refractivity contribution in [3.8, 4) is 11.1 Å². The lowest BCUT2D eigenvalue weighted by Crippen LogP contribution is -2.24. The first-order valence-corrected chi connectivity index (χ1v) is 15.5. The number of methoxy groups -OCH3 is 1. The Morgan fingerprint density at radius 2 is 1.49 bits per heavy atom. The highest BCUT2D eigenvalue weighted by molar-refractivity contribution is 7.92. The molecule has 3 aromatic carbocycles. The third kappa shape index (κ3) is 6.18. The van der Waals surface area contributed by atoms with Gasteiger partial charge in [0.05, 0.1) is 37.6 Å². The highest BCUT2D eigenvalue weighted by Crippen LogP contribution is 2.39. The van der Waals surface area contributed by atoms with Crippen LogP contribution in [0.25, 0.3) is 11.1 Å². The Morgan fingerprint density at radius 3 is 1.97 bits per heavy atom. The second-order valence-electron chi connectivity index (χ2n) is 8.92. The molecule has 4 rings (SSSR count). The molecule has 0 spiro atoms. The number of sulfone groups is 2. The smallest absolute Gasteiger partial charge is 0.234 e. The van der Waals surface area contributed by atoms with Crippen LogP contribution < -0.4 is 5.32 Å². The number of ether oxygens (including phenoxy) is 1. The number of hydrogen-bond donors (Lipinski definition) is 1. The highest BCUT2D eigenvalue weighted by atomic mass is 35.5. The van der Waals surface area contributed by atoms with Gasteiger partial charge in [0.15, 0.2) is 19.7 Å². The fourth-order valence-electron chi connectivity index (χ4n) is 3.97. The molecular formula is C26H25Cl2NO6S2. The number of nitrogens with one attached hydrogen (secondary N) is 1. The van der Waals surface area contributed by atoms with E-state index in [0.29, 0.717) is 35.2 Å². The van der Waals surface area contributed by atoms with E-state index in [1.54, 1.807) is 48.5 Å². The fraction of sp³-hybridized carbons (Fsp3) is 0.269. The second kappa shape index (κ2) is 10.7. The Bertz CT molecular complexity index is 1510. The zero-order valence-corrected chi connectivity index (χ0v) is 23.2. The summed E-state index contributed by atoms with van der Waals surface area (Å²) in [4.78, 5) is 13.5. The normalized spacial score (nSPS) is 14.8. The van der Waals surface area contributed by atoms with E-state index in [2.05, 4.69) is 5.32 Å². The van der Waals surface area contributed by atoms with E-state index in [-0.39, 0.29) is 37.6 Å². The average Bonchev–Trinajstić information content (AvgIpc) is 3.68. The summed E-state index contributed by atoms with van der Waals surface area (Å²) < 4.78 is 53.6. The maximum Gasteiger partial charge on any atom is 0.234 e. The molecule has 1 aliphatic carbocycles. The molecular weight excluding hydrogens is 557 g/mol. The molecule has 1 saturated carbocycles. The standard InChI is InChI=1S/C26H25Cl2NO6S2/c1-35-15-22(16-3-7-19(8-4-16)36(2,31)32)26(30)29-18-13-23(27)25(24(28)14-18)17-5-9-20(10-6-17)37(33,34)21-11-12-21/h3-10,13-14,21-22H,11-12,15H2,1-2H3,(H,29,30). The van der Waals surface area contributed by atoms with Gasteiger partial charge in [0.2, 0.25) is 5.91 Å². The molecule has 0 radical (unpaired) electrons. The molecule has 3 aromatic rings. The van der Waals surface area contributed by atoms with Gasteiger partial charge in [-0.1, -0.05) is 47.5 Å². The number of carbonyl (C=O) groups excluding carboxylic acids is 1. The first kappa shape index (κ1) is 27.6.